The Morgan fingerprint density at radius 1 is 1.56 bits per heavy atom. The first-order valence-electron chi connectivity index (χ1n) is 6.01. The second-order valence-corrected chi connectivity index (χ2v) is 4.87. The second-order valence-electron chi connectivity index (χ2n) is 4.87. The quantitative estimate of drug-likeness (QED) is 0.843. The van der Waals surface area contributed by atoms with Gasteiger partial charge in [0.1, 0.15) is 5.69 Å². The van der Waals surface area contributed by atoms with Crippen molar-refractivity contribution in [2.75, 3.05) is 0 Å². The highest BCUT2D eigenvalue weighted by molar-refractivity contribution is 5.97. The van der Waals surface area contributed by atoms with Crippen molar-refractivity contribution in [3.05, 3.63) is 36.2 Å². The number of nitrogens with one attached hydrogen (secondary N) is 1. The van der Waals surface area contributed by atoms with Crippen LogP contribution < -0.4 is 5.32 Å². The number of hydrogen-bond acceptors (Lipinski definition) is 2. The van der Waals surface area contributed by atoms with Gasteiger partial charge in [-0.25, -0.2) is 0 Å². The summed E-state index contributed by atoms with van der Waals surface area (Å²) in [6.45, 7) is 10.3. The first-order valence-corrected chi connectivity index (χ1v) is 6.01. The molecule has 2 aromatic heterocycles. The number of nitrogens with zero attached hydrogens (tertiary/aromatic N) is 1. The van der Waals surface area contributed by atoms with E-state index in [1.165, 1.54) is 0 Å². The van der Waals surface area contributed by atoms with E-state index in [1.54, 1.807) is 12.3 Å². The summed E-state index contributed by atoms with van der Waals surface area (Å²) in [5, 5.41) is 2.89. The van der Waals surface area contributed by atoms with Crippen LogP contribution in [-0.2, 0) is 6.54 Å². The van der Waals surface area contributed by atoms with Crippen LogP contribution in [-0.4, -0.2) is 16.5 Å². The lowest BCUT2D eigenvalue weighted by Crippen LogP contribution is -2.31. The van der Waals surface area contributed by atoms with Gasteiger partial charge in [-0.15, -0.1) is 0 Å². The third-order valence-electron chi connectivity index (χ3n) is 2.60. The molecule has 0 aliphatic rings. The molecule has 96 valence electrons. The minimum atomic E-state index is -0.0855. The first-order chi connectivity index (χ1) is 8.49. The SMILES string of the molecule is C=C(C)Cn1c(C(=O)NC(C)C)cc2occc21. The van der Waals surface area contributed by atoms with E-state index in [1.807, 2.05) is 31.4 Å². The van der Waals surface area contributed by atoms with Gasteiger partial charge in [-0.05, 0) is 20.8 Å². The fourth-order valence-electron chi connectivity index (χ4n) is 1.94. The van der Waals surface area contributed by atoms with E-state index in [9.17, 15) is 4.79 Å². The third-order valence-corrected chi connectivity index (χ3v) is 2.60. The van der Waals surface area contributed by atoms with Crippen molar-refractivity contribution in [2.45, 2.75) is 33.4 Å². The molecule has 2 rings (SSSR count). The topological polar surface area (TPSA) is 47.2 Å². The van der Waals surface area contributed by atoms with Crippen molar-refractivity contribution in [3.8, 4) is 0 Å². The van der Waals surface area contributed by atoms with Gasteiger partial charge >= 0.3 is 0 Å². The van der Waals surface area contributed by atoms with Gasteiger partial charge in [0.05, 0.1) is 11.8 Å². The molecule has 0 radical (unpaired) electrons. The van der Waals surface area contributed by atoms with Gasteiger partial charge in [-0.3, -0.25) is 4.79 Å². The number of rotatable bonds is 4. The molecule has 4 heteroatoms. The standard InChI is InChI=1S/C14H18N2O2/c1-9(2)8-16-11-5-6-18-13(11)7-12(16)14(17)15-10(3)4/h5-7,10H,1,8H2,2-4H3,(H,15,17). The summed E-state index contributed by atoms with van der Waals surface area (Å²) < 4.78 is 7.27. The highest BCUT2D eigenvalue weighted by Crippen LogP contribution is 2.22. The molecule has 1 N–H and O–H groups in total. The molecule has 0 aromatic carbocycles. The van der Waals surface area contributed by atoms with E-state index in [2.05, 4.69) is 11.9 Å². The van der Waals surface area contributed by atoms with Crippen LogP contribution in [0.5, 0.6) is 0 Å². The summed E-state index contributed by atoms with van der Waals surface area (Å²) >= 11 is 0. The molecule has 2 heterocycles. The van der Waals surface area contributed by atoms with Gasteiger partial charge in [0.2, 0.25) is 0 Å². The molecular formula is C14H18N2O2. The molecular weight excluding hydrogens is 228 g/mol. The maximum absolute atomic E-state index is 12.1. The highest BCUT2D eigenvalue weighted by atomic mass is 16.3. The largest absolute Gasteiger partial charge is 0.463 e. The van der Waals surface area contributed by atoms with Crippen molar-refractivity contribution in [3.63, 3.8) is 0 Å². The fourth-order valence-corrected chi connectivity index (χ4v) is 1.94. The monoisotopic (exact) mass is 246 g/mol. The molecule has 0 saturated carbocycles. The Labute approximate surface area is 106 Å². The van der Waals surface area contributed by atoms with Gasteiger partial charge in [-0.1, -0.05) is 12.2 Å². The summed E-state index contributed by atoms with van der Waals surface area (Å²) in [4.78, 5) is 12.1. The molecule has 18 heavy (non-hydrogen) atoms. The molecule has 2 aromatic rings. The van der Waals surface area contributed by atoms with Gasteiger partial charge in [-0.2, -0.15) is 0 Å². The molecule has 0 aliphatic heterocycles. The Morgan fingerprint density at radius 2 is 2.28 bits per heavy atom. The van der Waals surface area contributed by atoms with Crippen LogP contribution in [0.2, 0.25) is 0 Å². The Kier molecular flexibility index (Phi) is 3.28. The minimum absolute atomic E-state index is 0.0855. The van der Waals surface area contributed by atoms with Crippen LogP contribution in [0.4, 0.5) is 0 Å². The van der Waals surface area contributed by atoms with E-state index in [-0.39, 0.29) is 11.9 Å². The van der Waals surface area contributed by atoms with E-state index < -0.39 is 0 Å². The summed E-state index contributed by atoms with van der Waals surface area (Å²) in [7, 11) is 0. The lowest BCUT2D eigenvalue weighted by Gasteiger charge is -2.12. The number of allylic oxidation sites excluding steroid dienone is 1. The molecule has 0 spiro atoms. The third kappa shape index (κ3) is 2.32. The smallest absolute Gasteiger partial charge is 0.268 e. The zero-order valence-corrected chi connectivity index (χ0v) is 11.0. The normalized spacial score (nSPS) is 11.1. The Balaban J connectivity index is 2.45. The van der Waals surface area contributed by atoms with E-state index in [0.717, 1.165) is 16.7 Å². The Bertz CT molecular complexity index is 590. The zero-order valence-electron chi connectivity index (χ0n) is 11.0. The Hall–Kier alpha value is -1.97. The average molecular weight is 246 g/mol. The number of hydrogen-bond donors (Lipinski definition) is 1. The summed E-state index contributed by atoms with van der Waals surface area (Å²) in [5.41, 5.74) is 3.26. The molecule has 0 unspecified atom stereocenters. The second kappa shape index (κ2) is 4.72. The number of furan rings is 1. The van der Waals surface area contributed by atoms with Crippen LogP contribution in [0, 0.1) is 0 Å². The van der Waals surface area contributed by atoms with Crippen molar-refractivity contribution in [1.82, 2.24) is 9.88 Å². The maximum Gasteiger partial charge on any atom is 0.268 e. The molecule has 1 amide bonds. The Morgan fingerprint density at radius 3 is 2.89 bits per heavy atom. The van der Waals surface area contributed by atoms with E-state index in [0.29, 0.717) is 12.2 Å². The molecule has 4 nitrogen and oxygen atoms in total. The molecule has 0 bridgehead atoms. The summed E-state index contributed by atoms with van der Waals surface area (Å²) in [6.07, 6.45) is 1.63. The molecule has 0 fully saturated rings. The first kappa shape index (κ1) is 12.5. The number of aromatic nitrogens is 1. The number of carbonyl (C=O) groups excluding carboxylic acids is 1. The number of amides is 1. The van der Waals surface area contributed by atoms with Crippen molar-refractivity contribution in [1.29, 1.82) is 0 Å². The van der Waals surface area contributed by atoms with Crippen LogP contribution in [0.15, 0.2) is 35.0 Å². The van der Waals surface area contributed by atoms with Crippen molar-refractivity contribution < 1.29 is 9.21 Å². The molecule has 0 saturated heterocycles. The summed E-state index contributed by atoms with van der Waals surface area (Å²) in [6, 6.07) is 3.75. The number of carbonyl (C=O) groups is 1. The number of fused-ring (bicyclic) bond motifs is 1. The van der Waals surface area contributed by atoms with Crippen LogP contribution >= 0.6 is 0 Å². The van der Waals surface area contributed by atoms with Gasteiger partial charge in [0, 0.05) is 24.7 Å². The predicted octanol–water partition coefficient (Wildman–Crippen LogP) is 2.95. The molecule has 0 atom stereocenters. The van der Waals surface area contributed by atoms with E-state index >= 15 is 0 Å². The van der Waals surface area contributed by atoms with Crippen molar-refractivity contribution >= 4 is 17.0 Å². The van der Waals surface area contributed by atoms with Crippen LogP contribution in [0.1, 0.15) is 31.3 Å². The van der Waals surface area contributed by atoms with E-state index in [4.69, 9.17) is 4.42 Å². The highest BCUT2D eigenvalue weighted by Gasteiger charge is 2.17. The lowest BCUT2D eigenvalue weighted by atomic mass is 10.3. The van der Waals surface area contributed by atoms with Gasteiger partial charge in [0.25, 0.3) is 5.91 Å². The fraction of sp³-hybridized carbons (Fsp3) is 0.357. The van der Waals surface area contributed by atoms with Crippen LogP contribution in [0.3, 0.4) is 0 Å². The van der Waals surface area contributed by atoms with Crippen molar-refractivity contribution in [2.24, 2.45) is 0 Å². The average Bonchev–Trinajstić information content (AvgIpc) is 2.79. The van der Waals surface area contributed by atoms with Crippen LogP contribution in [0.25, 0.3) is 11.1 Å². The lowest BCUT2D eigenvalue weighted by molar-refractivity contribution is 0.0934. The minimum Gasteiger partial charge on any atom is -0.463 e. The zero-order chi connectivity index (χ0) is 13.3. The van der Waals surface area contributed by atoms with Gasteiger partial charge < -0.3 is 14.3 Å². The van der Waals surface area contributed by atoms with Gasteiger partial charge in [0.15, 0.2) is 5.58 Å². The predicted molar refractivity (Wildman–Crippen MR) is 71.6 cm³/mol. The summed E-state index contributed by atoms with van der Waals surface area (Å²) in [5.74, 6) is -0.0855. The maximum atomic E-state index is 12.1. The molecule has 0 aliphatic carbocycles.